The van der Waals surface area contributed by atoms with Gasteiger partial charge in [0.2, 0.25) is 0 Å². The number of rotatable bonds is 2. The van der Waals surface area contributed by atoms with Gasteiger partial charge >= 0.3 is 11.7 Å². The molecule has 0 spiro atoms. The highest BCUT2D eigenvalue weighted by Gasteiger charge is 2.17. The Morgan fingerprint density at radius 2 is 1.84 bits per heavy atom. The summed E-state index contributed by atoms with van der Waals surface area (Å²) in [6.07, 6.45) is 1.03. The molecule has 19 heavy (non-hydrogen) atoms. The van der Waals surface area contributed by atoms with E-state index in [1.165, 1.54) is 7.05 Å². The van der Waals surface area contributed by atoms with Gasteiger partial charge in [-0.1, -0.05) is 18.2 Å². The molecule has 2 aromatic rings. The molecule has 1 aromatic heterocycles. The number of carbonyl (C=O) groups is 1. The number of benzene rings is 1. The van der Waals surface area contributed by atoms with Gasteiger partial charge in [-0.2, -0.15) is 0 Å². The molecule has 0 radical (unpaired) electrons. The number of aryl methyl sites for hydroxylation is 2. The van der Waals surface area contributed by atoms with Crippen molar-refractivity contribution in [3.63, 3.8) is 0 Å². The van der Waals surface area contributed by atoms with Gasteiger partial charge in [-0.3, -0.25) is 4.79 Å². The van der Waals surface area contributed by atoms with Crippen molar-refractivity contribution in [2.24, 2.45) is 7.05 Å². The average molecular weight is 260 g/mol. The van der Waals surface area contributed by atoms with Gasteiger partial charge in [-0.05, 0) is 18.6 Å². The molecule has 0 aliphatic rings. The minimum atomic E-state index is -1.36. The van der Waals surface area contributed by atoms with Gasteiger partial charge in [-0.15, -0.1) is 0 Å². The highest BCUT2D eigenvalue weighted by molar-refractivity contribution is 5.86. The summed E-state index contributed by atoms with van der Waals surface area (Å²) in [4.78, 5) is 35.2. The van der Waals surface area contributed by atoms with Crippen molar-refractivity contribution >= 4 is 5.97 Å². The van der Waals surface area contributed by atoms with E-state index >= 15 is 0 Å². The number of hydrogen-bond acceptors (Lipinski definition) is 3. The summed E-state index contributed by atoms with van der Waals surface area (Å²) >= 11 is 0. The van der Waals surface area contributed by atoms with Gasteiger partial charge in [0, 0.05) is 13.2 Å². The third-order valence-electron chi connectivity index (χ3n) is 2.84. The Kier molecular flexibility index (Phi) is 3.08. The molecule has 0 unspecified atom stereocenters. The fourth-order valence-corrected chi connectivity index (χ4v) is 1.84. The second kappa shape index (κ2) is 4.56. The zero-order valence-electron chi connectivity index (χ0n) is 10.5. The van der Waals surface area contributed by atoms with E-state index in [4.69, 9.17) is 5.11 Å². The molecule has 6 heteroatoms. The Balaban J connectivity index is 2.92. The van der Waals surface area contributed by atoms with Crippen molar-refractivity contribution in [1.82, 2.24) is 9.13 Å². The molecule has 0 saturated carbocycles. The molecule has 0 amide bonds. The third kappa shape index (κ3) is 2.08. The molecular weight excluding hydrogens is 248 g/mol. The Morgan fingerprint density at radius 1 is 1.21 bits per heavy atom. The Bertz CT molecular complexity index is 771. The second-order valence-corrected chi connectivity index (χ2v) is 4.17. The lowest BCUT2D eigenvalue weighted by Crippen LogP contribution is -2.40. The number of nitrogens with zero attached hydrogens (tertiary/aromatic N) is 2. The van der Waals surface area contributed by atoms with Crippen molar-refractivity contribution in [1.29, 1.82) is 0 Å². The van der Waals surface area contributed by atoms with Crippen LogP contribution >= 0.6 is 0 Å². The van der Waals surface area contributed by atoms with Crippen molar-refractivity contribution in [3.8, 4) is 5.69 Å². The SMILES string of the molecule is Cc1ccccc1-n1c(=O)c(C(=O)O)cn(C)c1=O. The van der Waals surface area contributed by atoms with E-state index in [1.807, 2.05) is 0 Å². The van der Waals surface area contributed by atoms with Crippen LogP contribution in [-0.4, -0.2) is 20.2 Å². The van der Waals surface area contributed by atoms with E-state index in [1.54, 1.807) is 31.2 Å². The van der Waals surface area contributed by atoms with Crippen LogP contribution in [0.5, 0.6) is 0 Å². The summed E-state index contributed by atoms with van der Waals surface area (Å²) in [6.45, 7) is 1.74. The van der Waals surface area contributed by atoms with Crippen LogP contribution in [0.15, 0.2) is 40.1 Å². The van der Waals surface area contributed by atoms with Crippen LogP contribution in [0.4, 0.5) is 0 Å². The van der Waals surface area contributed by atoms with E-state index < -0.39 is 22.8 Å². The standard InChI is InChI=1S/C13H12N2O4/c1-8-5-3-4-6-10(8)15-11(16)9(12(17)18)7-14(2)13(15)19/h3-7H,1-2H3,(H,17,18). The zero-order valence-corrected chi connectivity index (χ0v) is 10.5. The molecule has 0 aliphatic heterocycles. The largest absolute Gasteiger partial charge is 0.477 e. The van der Waals surface area contributed by atoms with E-state index in [2.05, 4.69) is 0 Å². The zero-order chi connectivity index (χ0) is 14.2. The van der Waals surface area contributed by atoms with Crippen LogP contribution in [0.2, 0.25) is 0 Å². The summed E-state index contributed by atoms with van der Waals surface area (Å²) in [5.74, 6) is -1.36. The molecule has 0 aliphatic carbocycles. The first-order chi connectivity index (χ1) is 8.93. The number of aromatic carboxylic acids is 1. The van der Waals surface area contributed by atoms with Crippen LogP contribution in [0.25, 0.3) is 5.69 Å². The monoisotopic (exact) mass is 260 g/mol. The van der Waals surface area contributed by atoms with E-state index in [0.29, 0.717) is 11.3 Å². The number of para-hydroxylation sites is 1. The molecule has 1 aromatic carbocycles. The molecule has 2 rings (SSSR count). The van der Waals surface area contributed by atoms with Gasteiger partial charge in [0.05, 0.1) is 5.69 Å². The Labute approximate surface area is 108 Å². The van der Waals surface area contributed by atoms with Crippen LogP contribution in [0.1, 0.15) is 15.9 Å². The van der Waals surface area contributed by atoms with E-state index in [9.17, 15) is 14.4 Å². The summed E-state index contributed by atoms with van der Waals surface area (Å²) < 4.78 is 1.95. The smallest absolute Gasteiger partial charge is 0.342 e. The number of carboxylic acids is 1. The predicted octanol–water partition coefficient (Wildman–Crippen LogP) is 0.543. The molecule has 0 atom stereocenters. The van der Waals surface area contributed by atoms with Gasteiger partial charge in [0.25, 0.3) is 5.56 Å². The fraction of sp³-hybridized carbons (Fsp3) is 0.154. The molecule has 1 heterocycles. The van der Waals surface area contributed by atoms with Crippen molar-refractivity contribution < 1.29 is 9.90 Å². The molecule has 0 saturated heterocycles. The second-order valence-electron chi connectivity index (χ2n) is 4.17. The first-order valence-electron chi connectivity index (χ1n) is 5.55. The molecular formula is C13H12N2O4. The third-order valence-corrected chi connectivity index (χ3v) is 2.84. The molecule has 6 nitrogen and oxygen atoms in total. The lowest BCUT2D eigenvalue weighted by molar-refractivity contribution is 0.0693. The van der Waals surface area contributed by atoms with Crippen LogP contribution in [0.3, 0.4) is 0 Å². The van der Waals surface area contributed by atoms with E-state index in [0.717, 1.165) is 15.3 Å². The highest BCUT2D eigenvalue weighted by atomic mass is 16.4. The maximum Gasteiger partial charge on any atom is 0.342 e. The first kappa shape index (κ1) is 12.8. The van der Waals surface area contributed by atoms with Gasteiger partial charge in [0.1, 0.15) is 5.56 Å². The van der Waals surface area contributed by atoms with Gasteiger partial charge in [-0.25, -0.2) is 14.2 Å². The molecule has 0 fully saturated rings. The number of hydrogen-bond donors (Lipinski definition) is 1. The molecule has 0 bridgehead atoms. The fourth-order valence-electron chi connectivity index (χ4n) is 1.84. The first-order valence-corrected chi connectivity index (χ1v) is 5.55. The van der Waals surface area contributed by atoms with Crippen LogP contribution < -0.4 is 11.2 Å². The highest BCUT2D eigenvalue weighted by Crippen LogP contribution is 2.09. The minimum Gasteiger partial charge on any atom is -0.477 e. The van der Waals surface area contributed by atoms with Gasteiger partial charge < -0.3 is 9.67 Å². The number of carboxylic acid groups (broad SMARTS) is 1. The normalized spacial score (nSPS) is 10.4. The Morgan fingerprint density at radius 3 is 2.42 bits per heavy atom. The van der Waals surface area contributed by atoms with Gasteiger partial charge in [0.15, 0.2) is 0 Å². The number of aromatic nitrogens is 2. The maximum absolute atomic E-state index is 12.1. The average Bonchev–Trinajstić information content (AvgIpc) is 2.36. The maximum atomic E-state index is 12.1. The molecule has 98 valence electrons. The summed E-state index contributed by atoms with van der Waals surface area (Å²) in [5.41, 5.74) is -0.750. The minimum absolute atomic E-state index is 0.385. The van der Waals surface area contributed by atoms with Crippen LogP contribution in [-0.2, 0) is 7.05 Å². The summed E-state index contributed by atoms with van der Waals surface area (Å²) in [5, 5.41) is 8.99. The van der Waals surface area contributed by atoms with Crippen molar-refractivity contribution in [3.05, 3.63) is 62.4 Å². The molecule has 1 N–H and O–H groups in total. The van der Waals surface area contributed by atoms with Crippen LogP contribution in [0, 0.1) is 6.92 Å². The lowest BCUT2D eigenvalue weighted by atomic mass is 10.2. The quantitative estimate of drug-likeness (QED) is 0.854. The predicted molar refractivity (Wildman–Crippen MR) is 69.0 cm³/mol. The van der Waals surface area contributed by atoms with E-state index in [-0.39, 0.29) is 0 Å². The topological polar surface area (TPSA) is 81.3 Å². The van der Waals surface area contributed by atoms with Crippen molar-refractivity contribution in [2.45, 2.75) is 6.92 Å². The summed E-state index contributed by atoms with van der Waals surface area (Å²) in [7, 11) is 1.41. The summed E-state index contributed by atoms with van der Waals surface area (Å²) in [6, 6.07) is 6.80. The van der Waals surface area contributed by atoms with Crippen molar-refractivity contribution in [2.75, 3.05) is 0 Å². The Hall–Kier alpha value is -2.63. The lowest BCUT2D eigenvalue weighted by Gasteiger charge is -2.10.